The molecule has 0 saturated heterocycles. The van der Waals surface area contributed by atoms with E-state index in [1.807, 2.05) is 24.3 Å². The molecule has 180 valence electrons. The first-order valence-electron chi connectivity index (χ1n) is 11.6. The van der Waals surface area contributed by atoms with E-state index < -0.39 is 23.9 Å². The third-order valence-corrected chi connectivity index (χ3v) is 6.80. The van der Waals surface area contributed by atoms with Crippen LogP contribution in [0, 0.1) is 5.92 Å². The summed E-state index contributed by atoms with van der Waals surface area (Å²) in [5, 5.41) is 18.8. The van der Waals surface area contributed by atoms with Gasteiger partial charge < -0.3 is 15.2 Å². The third-order valence-electron chi connectivity index (χ3n) is 6.80. The van der Waals surface area contributed by atoms with E-state index in [2.05, 4.69) is 40.0 Å². The van der Waals surface area contributed by atoms with Crippen molar-refractivity contribution in [2.45, 2.75) is 31.2 Å². The van der Waals surface area contributed by atoms with Gasteiger partial charge >= 0.3 is 12.1 Å². The van der Waals surface area contributed by atoms with E-state index in [4.69, 9.17) is 9.84 Å². The summed E-state index contributed by atoms with van der Waals surface area (Å²) in [5.74, 6) is -1.41. The normalized spacial score (nSPS) is 18.5. The first-order valence-corrected chi connectivity index (χ1v) is 11.6. The highest BCUT2D eigenvalue weighted by atomic mass is 16.5. The molecule has 3 N–H and O–H groups in total. The minimum atomic E-state index is -0.839. The lowest BCUT2D eigenvalue weighted by Gasteiger charge is -2.14. The van der Waals surface area contributed by atoms with Crippen LogP contribution in [0.25, 0.3) is 11.1 Å². The quantitative estimate of drug-likeness (QED) is 0.500. The molecule has 2 amide bonds. The van der Waals surface area contributed by atoms with Crippen molar-refractivity contribution in [2.24, 2.45) is 13.0 Å². The summed E-state index contributed by atoms with van der Waals surface area (Å²) in [6, 6.07) is 17.5. The summed E-state index contributed by atoms with van der Waals surface area (Å²) in [6.45, 7) is 0.178. The molecule has 5 rings (SSSR count). The molecule has 1 fully saturated rings. The number of carboxylic acids is 1. The molecule has 2 atom stereocenters. The van der Waals surface area contributed by atoms with Gasteiger partial charge in [0.1, 0.15) is 12.4 Å². The molecule has 9 nitrogen and oxygen atoms in total. The SMILES string of the molecule is Cn1nc(C(=O)N[C@H]2CC[C@@H](C(=O)O)C2)cc1NC(=O)OCC1c2ccccc2-c2ccccc21. The van der Waals surface area contributed by atoms with Gasteiger partial charge in [0.15, 0.2) is 5.69 Å². The Bertz CT molecular complexity index is 1250. The van der Waals surface area contributed by atoms with Gasteiger partial charge in [-0.1, -0.05) is 48.5 Å². The van der Waals surface area contributed by atoms with Crippen LogP contribution in [-0.4, -0.2) is 45.5 Å². The summed E-state index contributed by atoms with van der Waals surface area (Å²) >= 11 is 0. The monoisotopic (exact) mass is 474 g/mol. The number of aryl methyl sites for hydroxylation is 1. The zero-order valence-corrected chi connectivity index (χ0v) is 19.2. The Hall–Kier alpha value is -4.14. The molecule has 0 aliphatic heterocycles. The van der Waals surface area contributed by atoms with Crippen molar-refractivity contribution in [3.63, 3.8) is 0 Å². The lowest BCUT2D eigenvalue weighted by Crippen LogP contribution is -2.33. The predicted molar refractivity (Wildman–Crippen MR) is 128 cm³/mol. The van der Waals surface area contributed by atoms with Gasteiger partial charge in [-0.05, 0) is 41.5 Å². The van der Waals surface area contributed by atoms with Crippen LogP contribution in [0.1, 0.15) is 46.8 Å². The fraction of sp³-hybridized carbons (Fsp3) is 0.308. The number of nitrogens with zero attached hydrogens (tertiary/aromatic N) is 2. The van der Waals surface area contributed by atoms with Crippen molar-refractivity contribution in [1.82, 2.24) is 15.1 Å². The van der Waals surface area contributed by atoms with Crippen molar-refractivity contribution in [3.8, 4) is 11.1 Å². The number of hydrogen-bond acceptors (Lipinski definition) is 5. The first kappa shape index (κ1) is 22.6. The molecule has 0 bridgehead atoms. The van der Waals surface area contributed by atoms with Gasteiger partial charge in [0.2, 0.25) is 0 Å². The summed E-state index contributed by atoms with van der Waals surface area (Å²) < 4.78 is 6.96. The van der Waals surface area contributed by atoms with E-state index in [0.29, 0.717) is 25.1 Å². The molecule has 35 heavy (non-hydrogen) atoms. The van der Waals surface area contributed by atoms with Crippen LogP contribution in [0.3, 0.4) is 0 Å². The van der Waals surface area contributed by atoms with Crippen molar-refractivity contribution in [1.29, 1.82) is 0 Å². The van der Waals surface area contributed by atoms with E-state index >= 15 is 0 Å². The number of carbonyl (C=O) groups is 3. The highest BCUT2D eigenvalue weighted by molar-refractivity contribution is 5.94. The maximum atomic E-state index is 12.6. The Morgan fingerprint density at radius 2 is 1.71 bits per heavy atom. The van der Waals surface area contributed by atoms with Crippen LogP contribution in [0.2, 0.25) is 0 Å². The second kappa shape index (κ2) is 9.25. The van der Waals surface area contributed by atoms with Crippen molar-refractivity contribution >= 4 is 23.8 Å². The molecule has 0 spiro atoms. The van der Waals surface area contributed by atoms with E-state index in [-0.39, 0.29) is 24.3 Å². The average Bonchev–Trinajstić information content (AvgIpc) is 3.54. The van der Waals surface area contributed by atoms with Gasteiger partial charge in [-0.3, -0.25) is 19.6 Å². The second-order valence-electron chi connectivity index (χ2n) is 9.01. The first-order chi connectivity index (χ1) is 16.9. The Morgan fingerprint density at radius 3 is 2.34 bits per heavy atom. The number of benzene rings is 2. The minimum Gasteiger partial charge on any atom is -0.481 e. The Kier molecular flexibility index (Phi) is 5.98. The molecule has 1 aromatic heterocycles. The Balaban J connectivity index is 1.20. The van der Waals surface area contributed by atoms with E-state index in [1.54, 1.807) is 7.05 Å². The minimum absolute atomic E-state index is 0.0536. The van der Waals surface area contributed by atoms with Gasteiger partial charge in [-0.15, -0.1) is 0 Å². The van der Waals surface area contributed by atoms with Gasteiger partial charge in [-0.2, -0.15) is 5.10 Å². The van der Waals surface area contributed by atoms with Crippen LogP contribution < -0.4 is 10.6 Å². The Morgan fingerprint density at radius 1 is 1.06 bits per heavy atom. The van der Waals surface area contributed by atoms with Crippen LogP contribution in [0.5, 0.6) is 0 Å². The average molecular weight is 475 g/mol. The molecule has 2 aliphatic rings. The number of carboxylic acid groups (broad SMARTS) is 1. The summed E-state index contributed by atoms with van der Waals surface area (Å²) in [7, 11) is 1.62. The van der Waals surface area contributed by atoms with E-state index in [9.17, 15) is 14.4 Å². The van der Waals surface area contributed by atoms with Crippen LogP contribution in [0.4, 0.5) is 10.6 Å². The summed E-state index contributed by atoms with van der Waals surface area (Å²) in [5.41, 5.74) is 4.68. The number of nitrogens with one attached hydrogen (secondary N) is 2. The highest BCUT2D eigenvalue weighted by Crippen LogP contribution is 2.44. The maximum absolute atomic E-state index is 12.6. The molecule has 0 radical (unpaired) electrons. The number of rotatable bonds is 6. The molecule has 1 heterocycles. The number of aliphatic carboxylic acids is 1. The largest absolute Gasteiger partial charge is 0.481 e. The van der Waals surface area contributed by atoms with Gasteiger partial charge in [-0.25, -0.2) is 4.79 Å². The third kappa shape index (κ3) is 4.49. The molecule has 3 aromatic rings. The standard InChI is InChI=1S/C26H26N4O5/c1-30-23(13-22(29-30)24(31)27-16-11-10-15(12-16)25(32)33)28-26(34)35-14-21-19-8-4-2-6-17(19)18-7-3-5-9-20(18)21/h2-9,13,15-16,21H,10-12,14H2,1H3,(H,27,31)(H,28,34)(H,32,33)/t15-,16+/m1/s1. The second-order valence-corrected chi connectivity index (χ2v) is 9.01. The number of amides is 2. The van der Waals surface area contributed by atoms with Crippen molar-refractivity contribution in [2.75, 3.05) is 11.9 Å². The molecule has 0 unspecified atom stereocenters. The van der Waals surface area contributed by atoms with Crippen LogP contribution in [-0.2, 0) is 16.6 Å². The molecule has 1 saturated carbocycles. The fourth-order valence-electron chi connectivity index (χ4n) is 5.03. The number of carbonyl (C=O) groups excluding carboxylic acids is 2. The zero-order chi connectivity index (χ0) is 24.5. The fourth-order valence-corrected chi connectivity index (χ4v) is 5.03. The molecular weight excluding hydrogens is 448 g/mol. The van der Waals surface area contributed by atoms with E-state index in [1.165, 1.54) is 10.7 Å². The highest BCUT2D eigenvalue weighted by Gasteiger charge is 2.32. The molecule has 2 aliphatic carbocycles. The smallest absolute Gasteiger partial charge is 0.412 e. The zero-order valence-electron chi connectivity index (χ0n) is 19.2. The number of ether oxygens (including phenoxy) is 1. The number of anilines is 1. The Labute approximate surface area is 202 Å². The lowest BCUT2D eigenvalue weighted by atomic mass is 9.98. The topological polar surface area (TPSA) is 123 Å². The lowest BCUT2D eigenvalue weighted by molar-refractivity contribution is -0.141. The van der Waals surface area contributed by atoms with Crippen LogP contribution >= 0.6 is 0 Å². The number of aromatic nitrogens is 2. The van der Waals surface area contributed by atoms with Crippen LogP contribution in [0.15, 0.2) is 54.6 Å². The summed E-state index contributed by atoms with van der Waals surface area (Å²) in [4.78, 5) is 36.3. The predicted octanol–water partition coefficient (Wildman–Crippen LogP) is 3.76. The van der Waals surface area contributed by atoms with Gasteiger partial charge in [0.25, 0.3) is 5.91 Å². The molecule has 2 aromatic carbocycles. The van der Waals surface area contributed by atoms with Crippen molar-refractivity contribution < 1.29 is 24.2 Å². The van der Waals surface area contributed by atoms with Crippen molar-refractivity contribution in [3.05, 3.63) is 71.4 Å². The molecular formula is C26H26N4O5. The van der Waals surface area contributed by atoms with E-state index in [0.717, 1.165) is 22.3 Å². The summed E-state index contributed by atoms with van der Waals surface area (Å²) in [6.07, 6.45) is 0.915. The number of fused-ring (bicyclic) bond motifs is 3. The van der Waals surface area contributed by atoms with Gasteiger partial charge in [0.05, 0.1) is 5.92 Å². The number of hydrogen-bond donors (Lipinski definition) is 3. The molecule has 9 heteroatoms. The van der Waals surface area contributed by atoms with Gasteiger partial charge in [0, 0.05) is 25.1 Å². The maximum Gasteiger partial charge on any atom is 0.412 e.